The molecule has 0 radical (unpaired) electrons. The second-order valence-electron chi connectivity index (χ2n) is 28.3. The molecular weight excluding hydrogens is 1290 g/mol. The van der Waals surface area contributed by atoms with Crippen LogP contribution in [-0.4, -0.2) is 0 Å². The van der Waals surface area contributed by atoms with Gasteiger partial charge in [0.1, 0.15) is 0 Å². The first-order chi connectivity index (χ1) is 57.1. The SMILES string of the molecule is [2H]c1c([2H])c([2H])c(C(c2ccc(C=C)cc2)C2c3ccccc3-c3ccc(N(c4ccc(-c5ccccc5)cc4)c4ccc5c(c4)C4(c6ccccc6-5)c5ccccc5-c5ccc(N(c6ccc(-c7ccccc7)cc6)c6ccc7c(c6)C(Cc6ccc(C=C)cc6)(c6c([2H])c([2H])c([2H])c([2H])c6[2H])c6ccccc6-7)cc54)cc32)c([2H])c1[2H]. The molecule has 4 aliphatic rings. The van der Waals surface area contributed by atoms with Crippen LogP contribution < -0.4 is 9.80 Å². The molecule has 0 aromatic heterocycles. The van der Waals surface area contributed by atoms with E-state index in [4.69, 9.17) is 5.48 Å². The Morgan fingerprint density at radius 1 is 0.308 bits per heavy atom. The van der Waals surface area contributed by atoms with Crippen LogP contribution in [-0.2, 0) is 17.3 Å². The summed E-state index contributed by atoms with van der Waals surface area (Å²) >= 11 is 0. The minimum atomic E-state index is -1.30. The smallest absolute Gasteiger partial charge is 0.0727 e. The summed E-state index contributed by atoms with van der Waals surface area (Å²) in [6, 6.07) is 112. The van der Waals surface area contributed by atoms with Crippen LogP contribution in [0.5, 0.6) is 0 Å². The Morgan fingerprint density at radius 2 is 0.692 bits per heavy atom. The van der Waals surface area contributed by atoms with E-state index in [-0.39, 0.29) is 53.8 Å². The molecule has 0 fully saturated rings. The van der Waals surface area contributed by atoms with Crippen LogP contribution in [0.4, 0.5) is 34.1 Å². The van der Waals surface area contributed by atoms with Gasteiger partial charge in [-0.15, -0.1) is 0 Å². The van der Waals surface area contributed by atoms with Crippen molar-refractivity contribution in [3.05, 3.63) is 479 Å². The van der Waals surface area contributed by atoms with E-state index in [0.717, 1.165) is 168 Å². The van der Waals surface area contributed by atoms with Crippen molar-refractivity contribution in [3.8, 4) is 66.8 Å². The second kappa shape index (κ2) is 25.8. The highest BCUT2D eigenvalue weighted by Crippen LogP contribution is 2.65. The van der Waals surface area contributed by atoms with E-state index < -0.39 is 46.8 Å². The van der Waals surface area contributed by atoms with E-state index in [1.807, 2.05) is 72.8 Å². The first kappa shape index (κ1) is 53.4. The molecule has 1 spiro atoms. The van der Waals surface area contributed by atoms with Crippen molar-refractivity contribution < 1.29 is 13.7 Å². The predicted molar refractivity (Wildman–Crippen MR) is 447 cm³/mol. The highest BCUT2D eigenvalue weighted by molar-refractivity contribution is 5.99. The van der Waals surface area contributed by atoms with Gasteiger partial charge in [-0.05, 0) is 224 Å². The van der Waals surface area contributed by atoms with Crippen molar-refractivity contribution in [1.29, 1.82) is 0 Å². The number of anilines is 6. The Kier molecular flexibility index (Phi) is 12.9. The van der Waals surface area contributed by atoms with Crippen molar-refractivity contribution >= 4 is 46.3 Å². The third-order valence-electron chi connectivity index (χ3n) is 23.0. The lowest BCUT2D eigenvalue weighted by molar-refractivity contribution is 0.629. The number of fused-ring (bicyclic) bond motifs is 16. The summed E-state index contributed by atoms with van der Waals surface area (Å²) in [6.45, 7) is 8.11. The van der Waals surface area contributed by atoms with Gasteiger partial charge in [0.25, 0.3) is 0 Å². The van der Waals surface area contributed by atoms with Crippen LogP contribution in [0.25, 0.3) is 78.9 Å². The van der Waals surface area contributed by atoms with Crippen LogP contribution >= 0.6 is 0 Å². The van der Waals surface area contributed by atoms with Gasteiger partial charge in [-0.25, -0.2) is 0 Å². The molecule has 20 rings (SSSR count). The molecule has 504 valence electrons. The Balaban J connectivity index is 0.807. The molecule has 0 N–H and O–H groups in total. The Morgan fingerprint density at radius 3 is 1.21 bits per heavy atom. The Bertz CT molecular complexity index is 6710. The van der Waals surface area contributed by atoms with Gasteiger partial charge in [-0.1, -0.05) is 341 Å². The number of benzene rings is 16. The zero-order chi connectivity index (χ0) is 79.9. The largest absolute Gasteiger partial charge is 0.310 e. The molecule has 0 aliphatic heterocycles. The van der Waals surface area contributed by atoms with E-state index in [0.29, 0.717) is 0 Å². The molecule has 2 heteroatoms. The predicted octanol–water partition coefficient (Wildman–Crippen LogP) is 27.1. The average Bonchev–Trinajstić information content (AvgIpc) is 1.51. The molecule has 4 aliphatic carbocycles. The molecule has 0 bridgehead atoms. The minimum absolute atomic E-state index is 0.207. The Hall–Kier alpha value is -13.4. The van der Waals surface area contributed by atoms with Crippen LogP contribution in [0.15, 0.2) is 401 Å². The number of hydrogen-bond donors (Lipinski definition) is 0. The fourth-order valence-corrected chi connectivity index (χ4v) is 18.3. The van der Waals surface area contributed by atoms with E-state index in [2.05, 4.69) is 278 Å². The topological polar surface area (TPSA) is 6.48 Å². The van der Waals surface area contributed by atoms with E-state index in [1.165, 1.54) is 0 Å². The van der Waals surface area contributed by atoms with Crippen molar-refractivity contribution in [2.24, 2.45) is 0 Å². The minimum Gasteiger partial charge on any atom is -0.310 e. The molecule has 16 aromatic rings. The molecule has 0 saturated heterocycles. The first-order valence-corrected chi connectivity index (χ1v) is 36.5. The van der Waals surface area contributed by atoms with Gasteiger partial charge in [0.05, 0.1) is 24.5 Å². The molecule has 16 aromatic carbocycles. The first-order valence-electron chi connectivity index (χ1n) is 41.5. The van der Waals surface area contributed by atoms with E-state index >= 15 is 0 Å². The number of rotatable bonds is 16. The van der Waals surface area contributed by atoms with Crippen LogP contribution in [0.1, 0.15) is 103 Å². The molecule has 0 amide bonds. The maximum Gasteiger partial charge on any atom is 0.0727 e. The normalized spacial score (nSPS) is 17.2. The molecule has 4 atom stereocenters. The summed E-state index contributed by atoms with van der Waals surface area (Å²) in [5.41, 5.74) is 27.4. The van der Waals surface area contributed by atoms with E-state index in [9.17, 15) is 8.22 Å². The second-order valence-corrected chi connectivity index (χ2v) is 28.3. The summed E-state index contributed by atoms with van der Waals surface area (Å²) in [7, 11) is 0. The lowest BCUT2D eigenvalue weighted by Crippen LogP contribution is -2.30. The van der Waals surface area contributed by atoms with Crippen LogP contribution in [0.3, 0.4) is 0 Å². The van der Waals surface area contributed by atoms with Crippen LogP contribution in [0.2, 0.25) is 0 Å². The third-order valence-corrected chi connectivity index (χ3v) is 23.0. The standard InChI is InChI=1S/C105H74N2/c1-3-70-41-43-72(44-42-70)69-104(79-31-15-8-16-32-79)96-38-22-19-34-88(96)91-62-58-83(66-99(91)104)107(81-55-51-76(52-56-81)74-27-11-6-12-28-74)85-60-64-93-90-36-21-24-40-98(90)105(101(93)68-85)97-39-23-20-35-89(97)92-63-59-84(67-100(92)105)106(80-53-49-75(50-54-80)73-25-9-5-10-26-73)82-57-61-87-86-33-17-18-37-94(86)103(95(87)65-82)102(77-29-13-7-14-30-77)78-47-45-71(4-2)46-48-78/h3-68,102-103H,1-2,69H2/i7D,8D,13D,14D,15D,16D,29D,30D,31D,32D. The zero-order valence-corrected chi connectivity index (χ0v) is 58.5. The van der Waals surface area contributed by atoms with Gasteiger partial charge in [-0.2, -0.15) is 0 Å². The van der Waals surface area contributed by atoms with Crippen molar-refractivity contribution in [3.63, 3.8) is 0 Å². The summed E-state index contributed by atoms with van der Waals surface area (Å²) in [5.74, 6) is -1.25. The zero-order valence-electron chi connectivity index (χ0n) is 68.5. The summed E-state index contributed by atoms with van der Waals surface area (Å²) < 4.78 is 93.9. The quantitative estimate of drug-likeness (QED) is 0.0951. The monoisotopic (exact) mass is 1370 g/mol. The highest BCUT2D eigenvalue weighted by Gasteiger charge is 2.53. The van der Waals surface area contributed by atoms with Gasteiger partial charge in [0.15, 0.2) is 0 Å². The maximum absolute atomic E-state index is 9.94. The fourth-order valence-electron chi connectivity index (χ4n) is 18.3. The summed E-state index contributed by atoms with van der Waals surface area (Å²) in [5, 5.41) is 0. The molecule has 0 saturated carbocycles. The van der Waals surface area contributed by atoms with Crippen molar-refractivity contribution in [2.75, 3.05) is 9.80 Å². The summed E-state index contributed by atoms with van der Waals surface area (Å²) in [6.07, 6.45) is 3.86. The van der Waals surface area contributed by atoms with Gasteiger partial charge in [-0.3, -0.25) is 0 Å². The number of nitrogens with zero attached hydrogens (tertiary/aromatic N) is 2. The van der Waals surface area contributed by atoms with Crippen molar-refractivity contribution in [1.82, 2.24) is 0 Å². The lowest BCUT2D eigenvalue weighted by atomic mass is 9.68. The van der Waals surface area contributed by atoms with Gasteiger partial charge in [0.2, 0.25) is 0 Å². The highest BCUT2D eigenvalue weighted by atomic mass is 15.1. The van der Waals surface area contributed by atoms with Gasteiger partial charge < -0.3 is 9.80 Å². The molecule has 0 heterocycles. The van der Waals surface area contributed by atoms with Crippen molar-refractivity contribution in [2.45, 2.75) is 29.1 Å². The van der Waals surface area contributed by atoms with Gasteiger partial charge in [0, 0.05) is 46.0 Å². The van der Waals surface area contributed by atoms with Crippen LogP contribution in [0, 0.1) is 0 Å². The summed E-state index contributed by atoms with van der Waals surface area (Å²) in [4.78, 5) is 4.66. The molecular formula is C105H74N2. The average molecular weight is 1370 g/mol. The Labute approximate surface area is 641 Å². The van der Waals surface area contributed by atoms with E-state index in [1.54, 1.807) is 12.2 Å². The maximum atomic E-state index is 9.94. The fraction of sp³-hybridized carbons (Fsp3) is 0.0476. The van der Waals surface area contributed by atoms with Gasteiger partial charge >= 0.3 is 0 Å². The molecule has 2 nitrogen and oxygen atoms in total. The number of hydrogen-bond acceptors (Lipinski definition) is 2. The lowest BCUT2D eigenvalue weighted by Gasteiger charge is -2.35. The molecule has 4 unspecified atom stereocenters. The third kappa shape index (κ3) is 10.2. The molecule has 107 heavy (non-hydrogen) atoms.